The van der Waals surface area contributed by atoms with Crippen LogP contribution >= 0.6 is 11.6 Å². The van der Waals surface area contributed by atoms with E-state index in [1.807, 2.05) is 30.3 Å². The number of likely N-dealkylation sites (tertiary alicyclic amines) is 1. The number of piperidine rings is 1. The van der Waals surface area contributed by atoms with Crippen LogP contribution in [-0.2, 0) is 6.42 Å². The van der Waals surface area contributed by atoms with Crippen molar-refractivity contribution >= 4 is 11.6 Å². The van der Waals surface area contributed by atoms with Gasteiger partial charge in [0.2, 0.25) is 0 Å². The van der Waals surface area contributed by atoms with E-state index >= 15 is 0 Å². The zero-order chi connectivity index (χ0) is 21.0. The molecule has 2 aliphatic rings. The molecule has 162 valence electrons. The van der Waals surface area contributed by atoms with E-state index in [1.165, 1.54) is 5.56 Å². The van der Waals surface area contributed by atoms with Gasteiger partial charge in [-0.3, -0.25) is 0 Å². The van der Waals surface area contributed by atoms with Gasteiger partial charge in [0.05, 0.1) is 6.61 Å². The molecule has 4 rings (SSSR count). The maximum absolute atomic E-state index is 10.5. The van der Waals surface area contributed by atoms with Crippen LogP contribution in [0.5, 0.6) is 17.2 Å². The van der Waals surface area contributed by atoms with Gasteiger partial charge in [-0.2, -0.15) is 0 Å². The van der Waals surface area contributed by atoms with Crippen LogP contribution in [0.25, 0.3) is 0 Å². The Morgan fingerprint density at radius 1 is 1.10 bits per heavy atom. The van der Waals surface area contributed by atoms with Crippen LogP contribution in [0.2, 0.25) is 5.02 Å². The molecule has 1 atom stereocenters. The SMILES string of the molecule is OCCOc1ccccc1OC[C@H](O)CN1CCC2(CC1)Cc1cc(Cl)ccc1O2. The van der Waals surface area contributed by atoms with Gasteiger partial charge in [0.25, 0.3) is 0 Å². The summed E-state index contributed by atoms with van der Waals surface area (Å²) in [5, 5.41) is 20.1. The molecule has 2 N–H and O–H groups in total. The fourth-order valence-corrected chi connectivity index (χ4v) is 4.40. The van der Waals surface area contributed by atoms with Crippen molar-refractivity contribution < 1.29 is 24.4 Å². The van der Waals surface area contributed by atoms with Crippen LogP contribution in [0.1, 0.15) is 18.4 Å². The lowest BCUT2D eigenvalue weighted by molar-refractivity contribution is -0.00216. The Morgan fingerprint density at radius 2 is 1.83 bits per heavy atom. The van der Waals surface area contributed by atoms with Gasteiger partial charge < -0.3 is 29.3 Å². The van der Waals surface area contributed by atoms with Gasteiger partial charge in [0.15, 0.2) is 11.5 Å². The van der Waals surface area contributed by atoms with Crippen molar-refractivity contribution in [3.05, 3.63) is 53.1 Å². The minimum atomic E-state index is -0.606. The summed E-state index contributed by atoms with van der Waals surface area (Å²) in [6.07, 6.45) is 2.13. The molecule has 0 bridgehead atoms. The summed E-state index contributed by atoms with van der Waals surface area (Å²) >= 11 is 6.12. The van der Waals surface area contributed by atoms with Gasteiger partial charge in [-0.15, -0.1) is 0 Å². The zero-order valence-electron chi connectivity index (χ0n) is 16.9. The minimum Gasteiger partial charge on any atom is -0.487 e. The first-order valence-electron chi connectivity index (χ1n) is 10.4. The van der Waals surface area contributed by atoms with Crippen LogP contribution in [-0.4, -0.2) is 66.3 Å². The van der Waals surface area contributed by atoms with Crippen LogP contribution in [0.4, 0.5) is 0 Å². The van der Waals surface area contributed by atoms with E-state index in [2.05, 4.69) is 4.90 Å². The number of halogens is 1. The predicted octanol–water partition coefficient (Wildman–Crippen LogP) is 2.92. The Balaban J connectivity index is 1.24. The largest absolute Gasteiger partial charge is 0.487 e. The van der Waals surface area contributed by atoms with Crippen LogP contribution in [0.3, 0.4) is 0 Å². The van der Waals surface area contributed by atoms with Gasteiger partial charge in [-0.05, 0) is 35.9 Å². The highest BCUT2D eigenvalue weighted by Crippen LogP contribution is 2.41. The summed E-state index contributed by atoms with van der Waals surface area (Å²) in [5.74, 6) is 2.08. The molecule has 1 saturated heterocycles. The Kier molecular flexibility index (Phi) is 6.68. The Morgan fingerprint density at radius 3 is 2.57 bits per heavy atom. The lowest BCUT2D eigenvalue weighted by atomic mass is 9.87. The number of fused-ring (bicyclic) bond motifs is 1. The van der Waals surface area contributed by atoms with Crippen molar-refractivity contribution in [3.63, 3.8) is 0 Å². The first kappa shape index (κ1) is 21.2. The average molecular weight is 434 g/mol. The number of aliphatic hydroxyl groups excluding tert-OH is 2. The highest BCUT2D eigenvalue weighted by molar-refractivity contribution is 6.30. The number of benzene rings is 2. The van der Waals surface area contributed by atoms with Crippen molar-refractivity contribution in [2.24, 2.45) is 0 Å². The number of rotatable bonds is 8. The maximum Gasteiger partial charge on any atom is 0.161 e. The highest BCUT2D eigenvalue weighted by atomic mass is 35.5. The topological polar surface area (TPSA) is 71.4 Å². The summed E-state index contributed by atoms with van der Waals surface area (Å²) < 4.78 is 17.5. The molecule has 0 amide bonds. The molecule has 1 spiro atoms. The minimum absolute atomic E-state index is 0.0603. The Labute approximate surface area is 181 Å². The summed E-state index contributed by atoms with van der Waals surface area (Å²) in [5.41, 5.74) is 1.04. The van der Waals surface area contributed by atoms with Crippen molar-refractivity contribution in [2.75, 3.05) is 39.5 Å². The predicted molar refractivity (Wildman–Crippen MR) is 115 cm³/mol. The van der Waals surface area contributed by atoms with Gasteiger partial charge in [0, 0.05) is 43.9 Å². The van der Waals surface area contributed by atoms with E-state index in [4.69, 9.17) is 30.9 Å². The molecule has 7 heteroatoms. The standard InChI is InChI=1S/C23H28ClNO5/c24-18-5-6-20-17(13-18)14-23(30-20)7-9-25(10-8-23)15-19(27)16-29-22-4-2-1-3-21(22)28-12-11-26/h1-6,13,19,26-27H,7-12,14-16H2/t19-/m1/s1. The van der Waals surface area contributed by atoms with E-state index in [0.717, 1.165) is 43.1 Å². The van der Waals surface area contributed by atoms with Gasteiger partial charge in [-0.25, -0.2) is 0 Å². The molecule has 1 fully saturated rings. The Hall–Kier alpha value is -1.99. The number of para-hydroxylation sites is 2. The first-order chi connectivity index (χ1) is 14.6. The van der Waals surface area contributed by atoms with E-state index in [9.17, 15) is 5.11 Å². The second-order valence-electron chi connectivity index (χ2n) is 8.00. The van der Waals surface area contributed by atoms with E-state index in [0.29, 0.717) is 18.0 Å². The molecule has 30 heavy (non-hydrogen) atoms. The molecule has 2 aromatic rings. The second kappa shape index (κ2) is 9.43. The molecule has 0 aliphatic carbocycles. The molecular formula is C23H28ClNO5. The molecular weight excluding hydrogens is 406 g/mol. The van der Waals surface area contributed by atoms with Crippen molar-refractivity contribution in [1.29, 1.82) is 0 Å². The number of aliphatic hydroxyl groups is 2. The number of nitrogens with zero attached hydrogens (tertiary/aromatic N) is 1. The number of hydrogen-bond acceptors (Lipinski definition) is 6. The fraction of sp³-hybridized carbons (Fsp3) is 0.478. The maximum atomic E-state index is 10.5. The van der Waals surface area contributed by atoms with Crippen molar-refractivity contribution in [2.45, 2.75) is 31.0 Å². The second-order valence-corrected chi connectivity index (χ2v) is 8.43. The Bertz CT molecular complexity index is 853. The molecule has 0 saturated carbocycles. The lowest BCUT2D eigenvalue weighted by Crippen LogP contribution is -2.49. The molecule has 0 unspecified atom stereocenters. The number of β-amino-alcohol motifs (C(OH)–C–C–N with tert-alkyl or cyclic N) is 1. The third-order valence-corrected chi connectivity index (χ3v) is 5.96. The number of ether oxygens (including phenoxy) is 3. The van der Waals surface area contributed by atoms with E-state index in [1.54, 1.807) is 12.1 Å². The molecule has 0 radical (unpaired) electrons. The highest BCUT2D eigenvalue weighted by Gasteiger charge is 2.42. The van der Waals surface area contributed by atoms with Gasteiger partial charge in [-0.1, -0.05) is 23.7 Å². The van der Waals surface area contributed by atoms with Crippen LogP contribution in [0, 0.1) is 0 Å². The summed E-state index contributed by atoms with van der Waals surface area (Å²) in [6, 6.07) is 13.1. The monoisotopic (exact) mass is 433 g/mol. The van der Waals surface area contributed by atoms with Gasteiger partial charge >= 0.3 is 0 Å². The average Bonchev–Trinajstić information content (AvgIpc) is 3.10. The summed E-state index contributed by atoms with van der Waals surface area (Å²) in [6.45, 7) is 2.62. The van der Waals surface area contributed by atoms with E-state index < -0.39 is 6.10 Å². The molecule has 6 nitrogen and oxygen atoms in total. The number of hydrogen-bond donors (Lipinski definition) is 2. The third kappa shape index (κ3) is 5.01. The summed E-state index contributed by atoms with van der Waals surface area (Å²) in [7, 11) is 0. The molecule has 2 aliphatic heterocycles. The van der Waals surface area contributed by atoms with Gasteiger partial charge in [0.1, 0.15) is 30.7 Å². The van der Waals surface area contributed by atoms with Crippen LogP contribution < -0.4 is 14.2 Å². The molecule has 2 aromatic carbocycles. The summed E-state index contributed by atoms with van der Waals surface area (Å²) in [4.78, 5) is 2.26. The smallest absolute Gasteiger partial charge is 0.161 e. The molecule has 2 heterocycles. The zero-order valence-corrected chi connectivity index (χ0v) is 17.7. The van der Waals surface area contributed by atoms with Crippen LogP contribution in [0.15, 0.2) is 42.5 Å². The third-order valence-electron chi connectivity index (χ3n) is 5.73. The van der Waals surface area contributed by atoms with Crippen molar-refractivity contribution in [3.8, 4) is 17.2 Å². The van der Waals surface area contributed by atoms with E-state index in [-0.39, 0.29) is 25.4 Å². The fourth-order valence-electron chi connectivity index (χ4n) is 4.21. The first-order valence-corrected chi connectivity index (χ1v) is 10.8. The molecule has 0 aromatic heterocycles. The quantitative estimate of drug-likeness (QED) is 0.667. The normalized spacial score (nSPS) is 18.6. The van der Waals surface area contributed by atoms with Crippen molar-refractivity contribution in [1.82, 2.24) is 4.90 Å². The lowest BCUT2D eigenvalue weighted by Gasteiger charge is -2.39.